The quantitative estimate of drug-likeness (QED) is 0.538. The summed E-state index contributed by atoms with van der Waals surface area (Å²) in [5.74, 6) is 0.345. The van der Waals surface area contributed by atoms with Crippen LogP contribution >= 0.6 is 15.9 Å². The minimum atomic E-state index is -3.27. The van der Waals surface area contributed by atoms with E-state index in [-0.39, 0.29) is 4.90 Å². The van der Waals surface area contributed by atoms with E-state index in [9.17, 15) is 13.2 Å². The van der Waals surface area contributed by atoms with Crippen LogP contribution in [0.15, 0.2) is 56.6 Å². The van der Waals surface area contributed by atoms with E-state index in [0.717, 1.165) is 16.1 Å². The van der Waals surface area contributed by atoms with Crippen molar-refractivity contribution in [2.45, 2.75) is 4.90 Å². The molecule has 2 heterocycles. The number of benzene rings is 2. The Balaban J connectivity index is 1.95. The van der Waals surface area contributed by atoms with Crippen molar-refractivity contribution in [1.29, 1.82) is 0 Å². The summed E-state index contributed by atoms with van der Waals surface area (Å²) in [5, 5.41) is 5.00. The van der Waals surface area contributed by atoms with Gasteiger partial charge in [0.25, 0.3) is 0 Å². The van der Waals surface area contributed by atoms with E-state index >= 15 is 0 Å². The number of para-hydroxylation sites is 1. The molecule has 0 aliphatic rings. The Kier molecular flexibility index (Phi) is 3.51. The second kappa shape index (κ2) is 5.50. The molecule has 2 aromatic carbocycles. The van der Waals surface area contributed by atoms with Crippen LogP contribution in [-0.4, -0.2) is 34.3 Å². The Morgan fingerprint density at radius 1 is 1.12 bits per heavy atom. The molecule has 0 saturated heterocycles. The molecule has 7 nitrogen and oxygen atoms in total. The van der Waals surface area contributed by atoms with Gasteiger partial charge in [0.15, 0.2) is 21.3 Å². The van der Waals surface area contributed by atoms with Gasteiger partial charge >= 0.3 is 5.69 Å². The minimum Gasteiger partial charge on any atom is -0.304 e. The lowest BCUT2D eigenvalue weighted by Gasteiger charge is -2.00. The van der Waals surface area contributed by atoms with Gasteiger partial charge in [-0.25, -0.2) is 18.2 Å². The average Bonchev–Trinajstić information content (AvgIpc) is 3.02. The van der Waals surface area contributed by atoms with Gasteiger partial charge in [-0.05, 0) is 52.3 Å². The molecule has 0 unspecified atom stereocenters. The number of H-pyrrole nitrogens is 1. The molecule has 126 valence electrons. The van der Waals surface area contributed by atoms with Gasteiger partial charge in [0.2, 0.25) is 0 Å². The first-order valence-corrected chi connectivity index (χ1v) is 9.91. The fourth-order valence-electron chi connectivity index (χ4n) is 2.60. The molecule has 0 aliphatic carbocycles. The second-order valence-corrected chi connectivity index (χ2v) is 8.43. The third-order valence-corrected chi connectivity index (χ3v) is 5.62. The lowest BCUT2D eigenvalue weighted by atomic mass is 10.2. The monoisotopic (exact) mass is 418 g/mol. The van der Waals surface area contributed by atoms with Crippen molar-refractivity contribution in [3.63, 3.8) is 0 Å². The van der Waals surface area contributed by atoms with E-state index in [1.54, 1.807) is 12.1 Å². The molecule has 0 atom stereocenters. The van der Waals surface area contributed by atoms with Crippen LogP contribution in [-0.2, 0) is 9.84 Å². The third-order valence-electron chi connectivity index (χ3n) is 3.83. The first-order valence-electron chi connectivity index (χ1n) is 7.22. The van der Waals surface area contributed by atoms with E-state index in [2.05, 4.69) is 31.0 Å². The smallest absolute Gasteiger partial charge is 0.304 e. The molecular weight excluding hydrogens is 408 g/mol. The zero-order chi connectivity index (χ0) is 17.8. The number of fused-ring (bicyclic) bond motifs is 3. The summed E-state index contributed by atoms with van der Waals surface area (Å²) in [7, 11) is -3.27. The first kappa shape index (κ1) is 16.0. The second-order valence-electron chi connectivity index (χ2n) is 5.56. The summed E-state index contributed by atoms with van der Waals surface area (Å²) in [4.78, 5) is 19.7. The molecule has 0 spiro atoms. The predicted octanol–water partition coefficient (Wildman–Crippen LogP) is 2.40. The Morgan fingerprint density at radius 3 is 2.52 bits per heavy atom. The molecule has 4 rings (SSSR count). The van der Waals surface area contributed by atoms with Crippen molar-refractivity contribution in [3.05, 3.63) is 57.4 Å². The number of aromatic amines is 1. The molecule has 2 aromatic heterocycles. The highest BCUT2D eigenvalue weighted by Crippen LogP contribution is 2.25. The Morgan fingerprint density at radius 2 is 1.84 bits per heavy atom. The van der Waals surface area contributed by atoms with Gasteiger partial charge in [0, 0.05) is 21.7 Å². The Hall–Kier alpha value is -2.52. The van der Waals surface area contributed by atoms with Gasteiger partial charge in [0.1, 0.15) is 0 Å². The molecule has 0 radical (unpaired) electrons. The van der Waals surface area contributed by atoms with Crippen LogP contribution in [0.5, 0.6) is 0 Å². The molecule has 0 aliphatic heterocycles. The number of aromatic nitrogens is 4. The molecule has 0 bridgehead atoms. The van der Waals surface area contributed by atoms with Gasteiger partial charge in [-0.1, -0.05) is 6.07 Å². The zero-order valence-corrected chi connectivity index (χ0v) is 15.3. The molecule has 0 saturated carbocycles. The SMILES string of the molecule is CS(=O)(=O)c1ccc(-c2nc3c4cccc(Br)c4[nH]c(=O)n3n2)cc1. The highest BCUT2D eigenvalue weighted by atomic mass is 79.9. The van der Waals surface area contributed by atoms with Crippen LogP contribution in [0, 0.1) is 0 Å². The van der Waals surface area contributed by atoms with Gasteiger partial charge in [-0.15, -0.1) is 5.10 Å². The maximum absolute atomic E-state index is 12.3. The van der Waals surface area contributed by atoms with Gasteiger partial charge in [-0.2, -0.15) is 4.52 Å². The fourth-order valence-corrected chi connectivity index (χ4v) is 3.69. The summed E-state index contributed by atoms with van der Waals surface area (Å²) >= 11 is 3.41. The maximum atomic E-state index is 12.3. The van der Waals surface area contributed by atoms with Gasteiger partial charge in [-0.3, -0.25) is 0 Å². The number of nitrogens with one attached hydrogen (secondary N) is 1. The number of rotatable bonds is 2. The van der Waals surface area contributed by atoms with Crippen LogP contribution < -0.4 is 5.69 Å². The standard InChI is InChI=1S/C16H11BrN4O3S/c1-25(23,24)10-7-5-9(6-8-10)14-19-15-11-3-2-4-12(17)13(11)18-16(22)21(15)20-14/h2-8H,1H3,(H,18,22). The molecule has 4 aromatic rings. The normalized spacial score (nSPS) is 12.1. The van der Waals surface area contributed by atoms with Crippen LogP contribution in [0.1, 0.15) is 0 Å². The summed E-state index contributed by atoms with van der Waals surface area (Å²) in [6.45, 7) is 0. The Bertz CT molecular complexity index is 1290. The topological polar surface area (TPSA) is 97.2 Å². The lowest BCUT2D eigenvalue weighted by Crippen LogP contribution is -2.17. The van der Waals surface area contributed by atoms with Crippen molar-refractivity contribution < 1.29 is 8.42 Å². The largest absolute Gasteiger partial charge is 0.348 e. The van der Waals surface area contributed by atoms with E-state index in [1.807, 2.05) is 18.2 Å². The number of hydrogen-bond acceptors (Lipinski definition) is 5. The highest BCUT2D eigenvalue weighted by molar-refractivity contribution is 9.10. The van der Waals surface area contributed by atoms with Crippen molar-refractivity contribution >= 4 is 42.3 Å². The van der Waals surface area contributed by atoms with Crippen LogP contribution in [0.2, 0.25) is 0 Å². The number of sulfone groups is 1. The first-order chi connectivity index (χ1) is 11.8. The summed E-state index contributed by atoms with van der Waals surface area (Å²) in [5.41, 5.74) is 1.30. The minimum absolute atomic E-state index is 0.215. The summed E-state index contributed by atoms with van der Waals surface area (Å²) in [6, 6.07) is 11.8. The van der Waals surface area contributed by atoms with Crippen molar-refractivity contribution in [3.8, 4) is 11.4 Å². The van der Waals surface area contributed by atoms with Crippen molar-refractivity contribution in [2.75, 3.05) is 6.26 Å². The molecular formula is C16H11BrN4O3S. The number of halogens is 1. The number of hydrogen-bond donors (Lipinski definition) is 1. The van der Waals surface area contributed by atoms with Crippen LogP contribution in [0.4, 0.5) is 0 Å². The number of nitrogens with zero attached hydrogens (tertiary/aromatic N) is 3. The maximum Gasteiger partial charge on any atom is 0.348 e. The summed E-state index contributed by atoms with van der Waals surface area (Å²) in [6.07, 6.45) is 1.15. The molecule has 25 heavy (non-hydrogen) atoms. The molecule has 0 amide bonds. The molecule has 0 fully saturated rings. The van der Waals surface area contributed by atoms with Crippen LogP contribution in [0.3, 0.4) is 0 Å². The van der Waals surface area contributed by atoms with E-state index in [0.29, 0.717) is 22.6 Å². The highest BCUT2D eigenvalue weighted by Gasteiger charge is 2.14. The third kappa shape index (κ3) is 2.65. The lowest BCUT2D eigenvalue weighted by molar-refractivity contribution is 0.602. The van der Waals surface area contributed by atoms with Crippen LogP contribution in [0.25, 0.3) is 27.9 Å². The van der Waals surface area contributed by atoms with E-state index < -0.39 is 15.5 Å². The predicted molar refractivity (Wildman–Crippen MR) is 97.4 cm³/mol. The zero-order valence-electron chi connectivity index (χ0n) is 12.9. The average molecular weight is 419 g/mol. The van der Waals surface area contributed by atoms with Gasteiger partial charge < -0.3 is 4.98 Å². The van der Waals surface area contributed by atoms with Crippen molar-refractivity contribution in [2.24, 2.45) is 0 Å². The van der Waals surface area contributed by atoms with E-state index in [4.69, 9.17) is 0 Å². The fraction of sp³-hybridized carbons (Fsp3) is 0.0625. The molecule has 9 heteroatoms. The molecule has 1 N–H and O–H groups in total. The van der Waals surface area contributed by atoms with E-state index in [1.165, 1.54) is 16.6 Å². The van der Waals surface area contributed by atoms with Crippen molar-refractivity contribution in [1.82, 2.24) is 19.6 Å². The van der Waals surface area contributed by atoms with Gasteiger partial charge in [0.05, 0.1) is 10.4 Å². The summed E-state index contributed by atoms with van der Waals surface area (Å²) < 4.78 is 25.1. The Labute approximate surface area is 150 Å².